The van der Waals surface area contributed by atoms with Crippen LogP contribution in [0.1, 0.15) is 33.7 Å². The normalized spacial score (nSPS) is 14.2. The van der Waals surface area contributed by atoms with E-state index in [4.69, 9.17) is 0 Å². The van der Waals surface area contributed by atoms with Crippen LogP contribution in [0.2, 0.25) is 0 Å². The van der Waals surface area contributed by atoms with Gasteiger partial charge in [0.25, 0.3) is 0 Å². The van der Waals surface area contributed by atoms with Crippen LogP contribution in [0.5, 0.6) is 0 Å². The van der Waals surface area contributed by atoms with Gasteiger partial charge in [0, 0.05) is 27.9 Å². The molecule has 0 bridgehead atoms. The standard InChI is InChI=1S/C52H33N/c1-2-12-34-29-39(24-20-32(34)10-1)53-49-27-23-36(31-48(49)46-26-22-38-28-37-13-4-6-16-41(37)50(38)52(46)53)35-21-25-45-47(30-35)42-17-7-8-18-44(42)51(45)43-19-9-14-33-11-3-5-15-40(33)43/h1-27,29-31,51H,28H2. The Morgan fingerprint density at radius 3 is 2.06 bits per heavy atom. The Morgan fingerprint density at radius 1 is 0.396 bits per heavy atom. The van der Waals surface area contributed by atoms with Crippen molar-refractivity contribution in [2.24, 2.45) is 0 Å². The molecule has 0 amide bonds. The quantitative estimate of drug-likeness (QED) is 0.176. The van der Waals surface area contributed by atoms with E-state index in [0.717, 1.165) is 6.42 Å². The van der Waals surface area contributed by atoms with E-state index in [1.54, 1.807) is 0 Å². The largest absolute Gasteiger partial charge is 0.309 e. The van der Waals surface area contributed by atoms with E-state index in [1.807, 2.05) is 0 Å². The maximum Gasteiger partial charge on any atom is 0.0622 e. The molecule has 0 radical (unpaired) electrons. The predicted octanol–water partition coefficient (Wildman–Crippen LogP) is 13.5. The summed E-state index contributed by atoms with van der Waals surface area (Å²) in [5.74, 6) is 0.203. The van der Waals surface area contributed by atoms with Crippen molar-refractivity contribution in [2.75, 3.05) is 0 Å². The van der Waals surface area contributed by atoms with Crippen molar-refractivity contribution in [1.29, 1.82) is 0 Å². The second-order valence-electron chi connectivity index (χ2n) is 14.8. The molecule has 53 heavy (non-hydrogen) atoms. The lowest BCUT2D eigenvalue weighted by Crippen LogP contribution is -2.00. The van der Waals surface area contributed by atoms with E-state index in [2.05, 4.69) is 187 Å². The first kappa shape index (κ1) is 28.9. The summed E-state index contributed by atoms with van der Waals surface area (Å²) in [4.78, 5) is 0. The molecule has 2 aliphatic carbocycles. The third-order valence-electron chi connectivity index (χ3n) is 12.1. The van der Waals surface area contributed by atoms with E-state index in [9.17, 15) is 0 Å². The van der Waals surface area contributed by atoms with E-state index >= 15 is 0 Å². The zero-order chi connectivity index (χ0) is 34.6. The minimum absolute atomic E-state index is 0.203. The first-order chi connectivity index (χ1) is 26.3. The van der Waals surface area contributed by atoms with E-state index in [-0.39, 0.29) is 5.92 Å². The molecule has 12 rings (SSSR count). The van der Waals surface area contributed by atoms with Crippen molar-refractivity contribution >= 4 is 43.4 Å². The zero-order valence-electron chi connectivity index (χ0n) is 29.1. The maximum absolute atomic E-state index is 2.52. The molecule has 1 aromatic heterocycles. The fourth-order valence-corrected chi connectivity index (χ4v) is 9.70. The van der Waals surface area contributed by atoms with E-state index < -0.39 is 0 Å². The van der Waals surface area contributed by atoms with Crippen molar-refractivity contribution in [3.8, 4) is 39.1 Å². The summed E-state index contributed by atoms with van der Waals surface area (Å²) in [5.41, 5.74) is 18.6. The molecule has 0 fully saturated rings. The summed E-state index contributed by atoms with van der Waals surface area (Å²) in [7, 11) is 0. The summed E-state index contributed by atoms with van der Waals surface area (Å²) in [6.07, 6.45) is 0.975. The minimum Gasteiger partial charge on any atom is -0.309 e. The van der Waals surface area contributed by atoms with Crippen LogP contribution in [0.4, 0.5) is 0 Å². The molecule has 1 heteroatoms. The van der Waals surface area contributed by atoms with Gasteiger partial charge in [0.1, 0.15) is 0 Å². The van der Waals surface area contributed by atoms with Gasteiger partial charge < -0.3 is 4.57 Å². The maximum atomic E-state index is 2.52. The van der Waals surface area contributed by atoms with Crippen molar-refractivity contribution in [2.45, 2.75) is 12.3 Å². The van der Waals surface area contributed by atoms with Crippen LogP contribution in [0.15, 0.2) is 182 Å². The van der Waals surface area contributed by atoms with Crippen LogP contribution in [0, 0.1) is 0 Å². The van der Waals surface area contributed by atoms with Gasteiger partial charge in [-0.3, -0.25) is 0 Å². The molecule has 0 N–H and O–H groups in total. The first-order valence-corrected chi connectivity index (χ1v) is 18.7. The number of nitrogens with zero attached hydrogens (tertiary/aromatic N) is 1. The van der Waals surface area contributed by atoms with Crippen LogP contribution >= 0.6 is 0 Å². The molecule has 2 aliphatic rings. The molecule has 246 valence electrons. The van der Waals surface area contributed by atoms with Gasteiger partial charge in [0.05, 0.1) is 11.0 Å². The number of fused-ring (bicyclic) bond motifs is 12. The fraction of sp³-hybridized carbons (Fsp3) is 0.0385. The minimum atomic E-state index is 0.203. The van der Waals surface area contributed by atoms with Gasteiger partial charge in [-0.1, -0.05) is 152 Å². The summed E-state index contributed by atoms with van der Waals surface area (Å²) >= 11 is 0. The van der Waals surface area contributed by atoms with Gasteiger partial charge in [-0.2, -0.15) is 0 Å². The topological polar surface area (TPSA) is 4.93 Å². The Bertz CT molecular complexity index is 3150. The summed E-state index contributed by atoms with van der Waals surface area (Å²) in [6.45, 7) is 0. The Morgan fingerprint density at radius 2 is 1.11 bits per heavy atom. The second-order valence-corrected chi connectivity index (χ2v) is 14.8. The lowest BCUT2D eigenvalue weighted by Gasteiger charge is -2.17. The van der Waals surface area contributed by atoms with Crippen LogP contribution in [-0.4, -0.2) is 4.57 Å². The van der Waals surface area contributed by atoms with Gasteiger partial charge >= 0.3 is 0 Å². The highest BCUT2D eigenvalue weighted by Crippen LogP contribution is 2.51. The van der Waals surface area contributed by atoms with Crippen LogP contribution in [-0.2, 0) is 6.42 Å². The highest BCUT2D eigenvalue weighted by atomic mass is 15.0. The van der Waals surface area contributed by atoms with Crippen LogP contribution in [0.3, 0.4) is 0 Å². The van der Waals surface area contributed by atoms with Gasteiger partial charge in [0.15, 0.2) is 0 Å². The molecular weight excluding hydrogens is 639 g/mol. The first-order valence-electron chi connectivity index (χ1n) is 18.7. The fourth-order valence-electron chi connectivity index (χ4n) is 9.70. The molecule has 0 spiro atoms. The van der Waals surface area contributed by atoms with Crippen molar-refractivity contribution < 1.29 is 0 Å². The van der Waals surface area contributed by atoms with E-state index in [1.165, 1.54) is 110 Å². The molecule has 1 nitrogen and oxygen atoms in total. The highest BCUT2D eigenvalue weighted by molar-refractivity contribution is 6.16. The van der Waals surface area contributed by atoms with Crippen LogP contribution < -0.4 is 0 Å². The molecule has 0 saturated carbocycles. The van der Waals surface area contributed by atoms with Gasteiger partial charge in [-0.05, 0) is 114 Å². The van der Waals surface area contributed by atoms with Gasteiger partial charge in [0.2, 0.25) is 0 Å². The average Bonchev–Trinajstić information content (AvgIpc) is 3.87. The molecular formula is C52H33N. The van der Waals surface area contributed by atoms with Crippen molar-refractivity contribution in [1.82, 2.24) is 4.57 Å². The zero-order valence-corrected chi connectivity index (χ0v) is 29.1. The molecule has 0 saturated heterocycles. The third kappa shape index (κ3) is 4.14. The predicted molar refractivity (Wildman–Crippen MR) is 222 cm³/mol. The third-order valence-corrected chi connectivity index (χ3v) is 12.1. The molecule has 9 aromatic carbocycles. The van der Waals surface area contributed by atoms with Crippen molar-refractivity contribution in [3.63, 3.8) is 0 Å². The number of hydrogen-bond acceptors (Lipinski definition) is 0. The average molecular weight is 672 g/mol. The van der Waals surface area contributed by atoms with Gasteiger partial charge in [-0.15, -0.1) is 0 Å². The Labute approximate surface area is 308 Å². The monoisotopic (exact) mass is 671 g/mol. The molecule has 1 unspecified atom stereocenters. The Hall–Kier alpha value is -6.70. The van der Waals surface area contributed by atoms with Crippen molar-refractivity contribution in [3.05, 3.63) is 210 Å². The second kappa shape index (κ2) is 10.9. The highest BCUT2D eigenvalue weighted by Gasteiger charge is 2.31. The molecule has 10 aromatic rings. The molecule has 1 atom stereocenters. The lowest BCUT2D eigenvalue weighted by molar-refractivity contribution is 1.03. The summed E-state index contributed by atoms with van der Waals surface area (Å²) in [5, 5.41) is 7.72. The number of hydrogen-bond donors (Lipinski definition) is 0. The summed E-state index contributed by atoms with van der Waals surface area (Å²) in [6, 6.07) is 68.2. The number of benzene rings is 9. The SMILES string of the molecule is c1ccc2c(c1)Cc1ccc3c4cc(-c5ccc6c(c5)-c5ccccc5C6c5cccc6ccccc56)ccc4n(-c4ccc5ccccc5c4)c3c1-2. The number of rotatable bonds is 3. The molecule has 1 heterocycles. The van der Waals surface area contributed by atoms with E-state index in [0.29, 0.717) is 0 Å². The smallest absolute Gasteiger partial charge is 0.0622 e. The van der Waals surface area contributed by atoms with Crippen LogP contribution in [0.25, 0.3) is 82.4 Å². The Balaban J connectivity index is 1.07. The molecule has 0 aliphatic heterocycles. The number of aromatic nitrogens is 1. The lowest BCUT2D eigenvalue weighted by atomic mass is 9.86. The van der Waals surface area contributed by atoms with Gasteiger partial charge in [-0.25, -0.2) is 0 Å². The summed E-state index contributed by atoms with van der Waals surface area (Å²) < 4.78 is 2.52. The Kier molecular flexibility index (Phi) is 5.95.